The lowest BCUT2D eigenvalue weighted by Gasteiger charge is -2.04. The summed E-state index contributed by atoms with van der Waals surface area (Å²) < 4.78 is 0.926. The Morgan fingerprint density at radius 3 is 2.40 bits per heavy atom. The number of carbonyl (C=O) groups is 2. The van der Waals surface area contributed by atoms with E-state index in [4.69, 9.17) is 11.6 Å². The molecule has 0 bridgehead atoms. The van der Waals surface area contributed by atoms with E-state index in [2.05, 4.69) is 26.6 Å². The van der Waals surface area contributed by atoms with Gasteiger partial charge in [-0.3, -0.25) is 9.59 Å². The molecule has 1 aromatic rings. The van der Waals surface area contributed by atoms with Crippen molar-refractivity contribution in [2.75, 3.05) is 11.9 Å². The third-order valence-electron chi connectivity index (χ3n) is 1.52. The Hall–Kier alpha value is -1.07. The van der Waals surface area contributed by atoms with Crippen molar-refractivity contribution in [3.63, 3.8) is 0 Å². The molecular formula is C9H8BrClN2O2. The molecule has 0 spiro atoms. The van der Waals surface area contributed by atoms with E-state index >= 15 is 0 Å². The van der Waals surface area contributed by atoms with Crippen molar-refractivity contribution < 1.29 is 9.59 Å². The smallest absolute Gasteiger partial charge is 0.314 e. The van der Waals surface area contributed by atoms with Gasteiger partial charge in [0.2, 0.25) is 5.91 Å². The maximum atomic E-state index is 11.2. The summed E-state index contributed by atoms with van der Waals surface area (Å²) in [5.74, 6) is -0.327. The van der Waals surface area contributed by atoms with Gasteiger partial charge in [0.25, 0.3) is 0 Å². The number of rotatable bonds is 3. The van der Waals surface area contributed by atoms with Gasteiger partial charge >= 0.3 is 5.37 Å². The fourth-order valence-corrected chi connectivity index (χ4v) is 1.22. The highest BCUT2D eigenvalue weighted by molar-refractivity contribution is 9.10. The fraction of sp³-hybridized carbons (Fsp3) is 0.111. The van der Waals surface area contributed by atoms with E-state index in [-0.39, 0.29) is 12.5 Å². The lowest BCUT2D eigenvalue weighted by molar-refractivity contribution is -0.115. The Balaban J connectivity index is 2.44. The van der Waals surface area contributed by atoms with E-state index in [9.17, 15) is 9.59 Å². The first kappa shape index (κ1) is 12.0. The van der Waals surface area contributed by atoms with Crippen LogP contribution in [-0.4, -0.2) is 17.8 Å². The van der Waals surface area contributed by atoms with Gasteiger partial charge in [-0.25, -0.2) is 0 Å². The normalized spacial score (nSPS) is 9.47. The monoisotopic (exact) mass is 290 g/mol. The standard InChI is InChI=1S/C9H8BrClN2O2/c10-6-1-3-7(4-2-6)13-8(14)5-12-9(11)15/h1-4H,5H2,(H,12,15)(H,13,14). The third-order valence-corrected chi connectivity index (χ3v) is 2.18. The van der Waals surface area contributed by atoms with Gasteiger partial charge in [0.1, 0.15) is 0 Å². The van der Waals surface area contributed by atoms with Gasteiger partial charge in [0, 0.05) is 10.2 Å². The molecule has 0 unspecified atom stereocenters. The molecule has 2 amide bonds. The summed E-state index contributed by atoms with van der Waals surface area (Å²) >= 11 is 8.28. The number of nitrogens with one attached hydrogen (secondary N) is 2. The van der Waals surface area contributed by atoms with Crippen molar-refractivity contribution in [3.05, 3.63) is 28.7 Å². The van der Waals surface area contributed by atoms with E-state index in [1.165, 1.54) is 0 Å². The molecule has 2 N–H and O–H groups in total. The second-order valence-corrected chi connectivity index (χ2v) is 3.94. The van der Waals surface area contributed by atoms with E-state index < -0.39 is 5.37 Å². The second kappa shape index (κ2) is 5.72. The number of benzene rings is 1. The number of amides is 2. The van der Waals surface area contributed by atoms with E-state index in [1.807, 2.05) is 0 Å². The molecule has 4 nitrogen and oxygen atoms in total. The molecule has 0 saturated heterocycles. The number of hydrogen-bond acceptors (Lipinski definition) is 2. The van der Waals surface area contributed by atoms with E-state index in [1.54, 1.807) is 24.3 Å². The third kappa shape index (κ3) is 4.80. The molecule has 0 aliphatic heterocycles. The SMILES string of the molecule is O=C(Cl)NCC(=O)Nc1ccc(Br)cc1. The van der Waals surface area contributed by atoms with Gasteiger partial charge in [-0.2, -0.15) is 0 Å². The molecule has 0 aromatic heterocycles. The average molecular weight is 292 g/mol. The molecule has 1 rings (SSSR count). The number of anilines is 1. The second-order valence-electron chi connectivity index (χ2n) is 2.68. The number of hydrogen-bond donors (Lipinski definition) is 2. The van der Waals surface area contributed by atoms with Crippen LogP contribution in [0.3, 0.4) is 0 Å². The Morgan fingerprint density at radius 1 is 1.27 bits per heavy atom. The van der Waals surface area contributed by atoms with E-state index in [0.29, 0.717) is 5.69 Å². The molecule has 0 aliphatic carbocycles. The van der Waals surface area contributed by atoms with Crippen molar-refractivity contribution in [1.82, 2.24) is 5.32 Å². The van der Waals surface area contributed by atoms with Crippen LogP contribution >= 0.6 is 27.5 Å². The predicted molar refractivity (Wildman–Crippen MR) is 62.0 cm³/mol. The molecule has 0 aliphatic rings. The largest absolute Gasteiger partial charge is 0.334 e. The topological polar surface area (TPSA) is 58.2 Å². The quantitative estimate of drug-likeness (QED) is 0.663. The molecule has 15 heavy (non-hydrogen) atoms. The zero-order valence-electron chi connectivity index (χ0n) is 7.59. The molecule has 0 atom stereocenters. The van der Waals surface area contributed by atoms with Crippen molar-refractivity contribution in [3.8, 4) is 0 Å². The van der Waals surface area contributed by atoms with Crippen LogP contribution in [0.25, 0.3) is 0 Å². The van der Waals surface area contributed by atoms with Crippen LogP contribution in [0.2, 0.25) is 0 Å². The Labute approximate surface area is 100 Å². The maximum Gasteiger partial charge on any atom is 0.314 e. The lowest BCUT2D eigenvalue weighted by atomic mass is 10.3. The molecule has 80 valence electrons. The molecular weight excluding hydrogens is 283 g/mol. The van der Waals surface area contributed by atoms with Crippen LogP contribution in [0.4, 0.5) is 10.5 Å². The van der Waals surface area contributed by atoms with Crippen LogP contribution in [-0.2, 0) is 4.79 Å². The molecule has 0 saturated carbocycles. The lowest BCUT2D eigenvalue weighted by Crippen LogP contribution is -2.29. The summed E-state index contributed by atoms with van der Waals surface area (Å²) in [6.45, 7) is -0.140. The summed E-state index contributed by atoms with van der Waals surface area (Å²) in [7, 11) is 0. The van der Waals surface area contributed by atoms with Crippen molar-refractivity contribution in [1.29, 1.82) is 0 Å². The fourth-order valence-electron chi connectivity index (χ4n) is 0.888. The number of carbonyl (C=O) groups excluding carboxylic acids is 2. The van der Waals surface area contributed by atoms with Crippen molar-refractivity contribution in [2.45, 2.75) is 0 Å². The van der Waals surface area contributed by atoms with Crippen LogP contribution in [0, 0.1) is 0 Å². The summed E-state index contributed by atoms with van der Waals surface area (Å²) in [6.07, 6.45) is 0. The average Bonchev–Trinajstić information content (AvgIpc) is 2.19. The molecule has 0 fully saturated rings. The van der Waals surface area contributed by atoms with Crippen LogP contribution < -0.4 is 10.6 Å². The van der Waals surface area contributed by atoms with Crippen LogP contribution in [0.15, 0.2) is 28.7 Å². The Kier molecular flexibility index (Phi) is 4.58. The molecule has 0 heterocycles. The minimum absolute atomic E-state index is 0.140. The Bertz CT molecular complexity index is 367. The summed E-state index contributed by atoms with van der Waals surface area (Å²) in [5.41, 5.74) is 0.659. The van der Waals surface area contributed by atoms with E-state index in [0.717, 1.165) is 4.47 Å². The number of halogens is 2. The van der Waals surface area contributed by atoms with Gasteiger partial charge in [-0.05, 0) is 35.9 Å². The van der Waals surface area contributed by atoms with Crippen LogP contribution in [0.1, 0.15) is 0 Å². The van der Waals surface area contributed by atoms with Gasteiger partial charge < -0.3 is 10.6 Å². The van der Waals surface area contributed by atoms with Gasteiger partial charge in [0.15, 0.2) is 0 Å². The van der Waals surface area contributed by atoms with Crippen molar-refractivity contribution >= 4 is 44.5 Å². The minimum atomic E-state index is -0.749. The Morgan fingerprint density at radius 2 is 1.87 bits per heavy atom. The summed E-state index contributed by atoms with van der Waals surface area (Å²) in [4.78, 5) is 21.5. The zero-order valence-corrected chi connectivity index (χ0v) is 9.93. The highest BCUT2D eigenvalue weighted by Crippen LogP contribution is 2.13. The van der Waals surface area contributed by atoms with Gasteiger partial charge in [-0.15, -0.1) is 0 Å². The minimum Gasteiger partial charge on any atom is -0.334 e. The molecule has 1 aromatic carbocycles. The maximum absolute atomic E-state index is 11.2. The van der Waals surface area contributed by atoms with Gasteiger partial charge in [-0.1, -0.05) is 15.9 Å². The first-order chi connectivity index (χ1) is 7.08. The first-order valence-corrected chi connectivity index (χ1v) is 5.24. The van der Waals surface area contributed by atoms with Crippen molar-refractivity contribution in [2.24, 2.45) is 0 Å². The predicted octanol–water partition coefficient (Wildman–Crippen LogP) is 2.34. The summed E-state index contributed by atoms with van der Waals surface area (Å²) in [5, 5.41) is 4.02. The first-order valence-electron chi connectivity index (χ1n) is 4.06. The molecule has 6 heteroatoms. The van der Waals surface area contributed by atoms with Gasteiger partial charge in [0.05, 0.1) is 6.54 Å². The van der Waals surface area contributed by atoms with Crippen LogP contribution in [0.5, 0.6) is 0 Å². The highest BCUT2D eigenvalue weighted by Gasteiger charge is 2.03. The zero-order chi connectivity index (χ0) is 11.3. The summed E-state index contributed by atoms with van der Waals surface area (Å²) in [6, 6.07) is 7.08. The molecule has 0 radical (unpaired) electrons. The highest BCUT2D eigenvalue weighted by atomic mass is 79.9.